The van der Waals surface area contributed by atoms with Gasteiger partial charge in [-0.3, -0.25) is 9.59 Å². The zero-order chi connectivity index (χ0) is 20.6. The zero-order valence-electron chi connectivity index (χ0n) is 17.2. The molecular formula is C23H30N4O2. The van der Waals surface area contributed by atoms with Crippen LogP contribution in [0.3, 0.4) is 0 Å². The van der Waals surface area contributed by atoms with Gasteiger partial charge in [0.1, 0.15) is 0 Å². The van der Waals surface area contributed by atoms with Crippen LogP contribution in [-0.4, -0.2) is 31.4 Å². The van der Waals surface area contributed by atoms with Crippen molar-refractivity contribution >= 4 is 34.6 Å². The molecule has 1 aliphatic rings. The average Bonchev–Trinajstić information content (AvgIpc) is 2.69. The smallest absolute Gasteiger partial charge is 0.226 e. The number of amides is 2. The monoisotopic (exact) mass is 394 g/mol. The van der Waals surface area contributed by atoms with Crippen LogP contribution < -0.4 is 20.9 Å². The summed E-state index contributed by atoms with van der Waals surface area (Å²) in [5.41, 5.74) is 3.61. The van der Waals surface area contributed by atoms with E-state index < -0.39 is 0 Å². The van der Waals surface area contributed by atoms with Crippen LogP contribution in [-0.2, 0) is 9.59 Å². The maximum Gasteiger partial charge on any atom is 0.226 e. The van der Waals surface area contributed by atoms with Crippen LogP contribution in [0, 0.1) is 5.92 Å². The molecule has 6 heteroatoms. The summed E-state index contributed by atoms with van der Waals surface area (Å²) in [5.74, 6) is 0.612. The summed E-state index contributed by atoms with van der Waals surface area (Å²) in [6, 6.07) is 15.6. The van der Waals surface area contributed by atoms with Gasteiger partial charge in [0.2, 0.25) is 11.8 Å². The molecular weight excluding hydrogens is 364 g/mol. The van der Waals surface area contributed by atoms with Gasteiger partial charge < -0.3 is 20.9 Å². The van der Waals surface area contributed by atoms with Crippen LogP contribution in [0.15, 0.2) is 48.5 Å². The molecule has 154 valence electrons. The summed E-state index contributed by atoms with van der Waals surface area (Å²) >= 11 is 0. The third kappa shape index (κ3) is 6.52. The maximum atomic E-state index is 12.2. The molecule has 1 aliphatic heterocycles. The lowest BCUT2D eigenvalue weighted by Gasteiger charge is -2.32. The van der Waals surface area contributed by atoms with Crippen molar-refractivity contribution in [2.75, 3.05) is 40.5 Å². The van der Waals surface area contributed by atoms with Gasteiger partial charge in [-0.15, -0.1) is 0 Å². The summed E-state index contributed by atoms with van der Waals surface area (Å²) in [6.07, 6.45) is 2.86. The highest BCUT2D eigenvalue weighted by Gasteiger charge is 2.15. The quantitative estimate of drug-likeness (QED) is 0.654. The zero-order valence-corrected chi connectivity index (χ0v) is 17.2. The van der Waals surface area contributed by atoms with Crippen molar-refractivity contribution in [2.45, 2.75) is 33.1 Å². The molecule has 0 saturated carbocycles. The number of piperidine rings is 1. The van der Waals surface area contributed by atoms with Crippen molar-refractivity contribution in [1.29, 1.82) is 0 Å². The highest BCUT2D eigenvalue weighted by molar-refractivity contribution is 5.93. The summed E-state index contributed by atoms with van der Waals surface area (Å²) in [7, 11) is 0. The van der Waals surface area contributed by atoms with E-state index in [1.165, 1.54) is 25.5 Å². The number of hydrogen-bond acceptors (Lipinski definition) is 4. The first-order valence-corrected chi connectivity index (χ1v) is 10.3. The van der Waals surface area contributed by atoms with Gasteiger partial charge in [0.25, 0.3) is 0 Å². The Morgan fingerprint density at radius 1 is 0.966 bits per heavy atom. The molecule has 0 spiro atoms. The molecule has 6 nitrogen and oxygen atoms in total. The summed E-state index contributed by atoms with van der Waals surface area (Å²) in [6.45, 7) is 6.57. The minimum atomic E-state index is -0.140. The standard InChI is InChI=1S/C23H30N4O2/c1-17-11-14-27(15-12-17)22-8-6-19(7-9-22)24-13-10-23(29)26-21-5-3-4-20(16-21)25-18(2)28/h3-9,16-17,24H,10-15H2,1-2H3,(H,25,28)(H,26,29). The fraction of sp³-hybridized carbons (Fsp3) is 0.391. The van der Waals surface area contributed by atoms with Crippen LogP contribution in [0.25, 0.3) is 0 Å². The topological polar surface area (TPSA) is 73.5 Å². The number of carbonyl (C=O) groups is 2. The average molecular weight is 395 g/mol. The van der Waals surface area contributed by atoms with Gasteiger partial charge in [-0.2, -0.15) is 0 Å². The van der Waals surface area contributed by atoms with Gasteiger partial charge in [0, 0.05) is 55.7 Å². The first-order valence-electron chi connectivity index (χ1n) is 10.3. The SMILES string of the molecule is CC(=O)Nc1cccc(NC(=O)CCNc2ccc(N3CCC(C)CC3)cc2)c1. The van der Waals surface area contributed by atoms with E-state index in [0.717, 1.165) is 24.7 Å². The Balaban J connectivity index is 1.42. The first kappa shape index (κ1) is 20.7. The molecule has 29 heavy (non-hydrogen) atoms. The molecule has 0 atom stereocenters. The minimum absolute atomic E-state index is 0.0727. The lowest BCUT2D eigenvalue weighted by molar-refractivity contribution is -0.116. The normalized spacial score (nSPS) is 14.3. The number of benzene rings is 2. The van der Waals surface area contributed by atoms with Crippen LogP contribution >= 0.6 is 0 Å². The number of hydrogen-bond donors (Lipinski definition) is 3. The lowest BCUT2D eigenvalue weighted by Crippen LogP contribution is -2.32. The minimum Gasteiger partial charge on any atom is -0.385 e. The number of nitrogens with one attached hydrogen (secondary N) is 3. The van der Waals surface area contributed by atoms with Crippen molar-refractivity contribution in [2.24, 2.45) is 5.92 Å². The number of rotatable bonds is 7. The third-order valence-electron chi connectivity index (χ3n) is 5.16. The third-order valence-corrected chi connectivity index (χ3v) is 5.16. The Bertz CT molecular complexity index is 827. The van der Waals surface area contributed by atoms with Crippen LogP contribution in [0.4, 0.5) is 22.7 Å². The lowest BCUT2D eigenvalue weighted by atomic mass is 9.99. The highest BCUT2D eigenvalue weighted by Crippen LogP contribution is 2.24. The fourth-order valence-electron chi connectivity index (χ4n) is 3.48. The highest BCUT2D eigenvalue weighted by atomic mass is 16.2. The fourth-order valence-corrected chi connectivity index (χ4v) is 3.48. The second kappa shape index (κ2) is 9.96. The molecule has 0 aliphatic carbocycles. The van der Waals surface area contributed by atoms with E-state index in [1.54, 1.807) is 24.3 Å². The van der Waals surface area contributed by atoms with E-state index in [1.807, 2.05) is 0 Å². The number of carbonyl (C=O) groups excluding carboxylic acids is 2. The van der Waals surface area contributed by atoms with E-state index in [4.69, 9.17) is 0 Å². The predicted molar refractivity (Wildman–Crippen MR) is 120 cm³/mol. The Kier molecular flexibility index (Phi) is 7.11. The Morgan fingerprint density at radius 2 is 1.62 bits per heavy atom. The molecule has 1 fully saturated rings. The summed E-state index contributed by atoms with van der Waals surface area (Å²) < 4.78 is 0. The molecule has 0 bridgehead atoms. The van der Waals surface area contributed by atoms with Crippen molar-refractivity contribution in [1.82, 2.24) is 0 Å². The van der Waals surface area contributed by atoms with Crippen LogP contribution in [0.1, 0.15) is 33.1 Å². The summed E-state index contributed by atoms with van der Waals surface area (Å²) in [4.78, 5) is 25.8. The van der Waals surface area contributed by atoms with E-state index >= 15 is 0 Å². The van der Waals surface area contributed by atoms with E-state index in [0.29, 0.717) is 24.3 Å². The van der Waals surface area contributed by atoms with Crippen LogP contribution in [0.5, 0.6) is 0 Å². The number of anilines is 4. The van der Waals surface area contributed by atoms with Crippen molar-refractivity contribution in [3.8, 4) is 0 Å². The van der Waals surface area contributed by atoms with E-state index in [2.05, 4.69) is 52.0 Å². The van der Waals surface area contributed by atoms with Gasteiger partial charge >= 0.3 is 0 Å². The van der Waals surface area contributed by atoms with Gasteiger partial charge in [0.15, 0.2) is 0 Å². The van der Waals surface area contributed by atoms with Gasteiger partial charge in [-0.1, -0.05) is 13.0 Å². The molecule has 2 aromatic carbocycles. The molecule has 3 N–H and O–H groups in total. The van der Waals surface area contributed by atoms with Crippen molar-refractivity contribution < 1.29 is 9.59 Å². The molecule has 1 saturated heterocycles. The van der Waals surface area contributed by atoms with Crippen LogP contribution in [0.2, 0.25) is 0 Å². The molecule has 2 aromatic rings. The molecule has 0 radical (unpaired) electrons. The molecule has 3 rings (SSSR count). The largest absolute Gasteiger partial charge is 0.385 e. The number of nitrogens with zero attached hydrogens (tertiary/aromatic N) is 1. The Morgan fingerprint density at radius 3 is 2.28 bits per heavy atom. The Hall–Kier alpha value is -3.02. The van der Waals surface area contributed by atoms with Crippen molar-refractivity contribution in [3.63, 3.8) is 0 Å². The molecule has 0 aromatic heterocycles. The van der Waals surface area contributed by atoms with Crippen molar-refractivity contribution in [3.05, 3.63) is 48.5 Å². The first-order chi connectivity index (χ1) is 14.0. The van der Waals surface area contributed by atoms with Gasteiger partial charge in [0.05, 0.1) is 0 Å². The van der Waals surface area contributed by atoms with Gasteiger partial charge in [-0.05, 0) is 61.2 Å². The molecule has 0 unspecified atom stereocenters. The second-order valence-electron chi connectivity index (χ2n) is 7.70. The Labute approximate surface area is 172 Å². The molecule has 2 amide bonds. The van der Waals surface area contributed by atoms with E-state index in [-0.39, 0.29) is 11.8 Å². The van der Waals surface area contributed by atoms with Gasteiger partial charge in [-0.25, -0.2) is 0 Å². The second-order valence-corrected chi connectivity index (χ2v) is 7.70. The molecule has 1 heterocycles. The predicted octanol–water partition coefficient (Wildman–Crippen LogP) is 4.32. The summed E-state index contributed by atoms with van der Waals surface area (Å²) in [5, 5.41) is 8.87. The van der Waals surface area contributed by atoms with E-state index in [9.17, 15) is 9.59 Å². The maximum absolute atomic E-state index is 12.2.